The summed E-state index contributed by atoms with van der Waals surface area (Å²) in [6.45, 7) is 8.40. The highest BCUT2D eigenvalue weighted by Gasteiger charge is 2.06. The Morgan fingerprint density at radius 2 is 1.94 bits per heavy atom. The Morgan fingerprint density at radius 3 is 2.50 bits per heavy atom. The molecule has 0 aromatic heterocycles. The third-order valence-corrected chi connectivity index (χ3v) is 2.50. The summed E-state index contributed by atoms with van der Waals surface area (Å²) in [5.74, 6) is -0.148. The first kappa shape index (κ1) is 15.4. The van der Waals surface area contributed by atoms with Gasteiger partial charge in [-0.2, -0.15) is 0 Å². The van der Waals surface area contributed by atoms with E-state index < -0.39 is 0 Å². The van der Waals surface area contributed by atoms with Gasteiger partial charge in [0, 0.05) is 19.7 Å². The lowest BCUT2D eigenvalue weighted by Crippen LogP contribution is -2.30. The van der Waals surface area contributed by atoms with Crippen LogP contribution in [0.3, 0.4) is 0 Å². The predicted octanol–water partition coefficient (Wildman–Crippen LogP) is 1.69. The zero-order valence-electron chi connectivity index (χ0n) is 10.8. The summed E-state index contributed by atoms with van der Waals surface area (Å²) in [6, 6.07) is 0. The fourth-order valence-corrected chi connectivity index (χ4v) is 1.32. The lowest BCUT2D eigenvalue weighted by Gasteiger charge is -2.19. The molecule has 96 valence electrons. The van der Waals surface area contributed by atoms with Crippen molar-refractivity contribution in [2.75, 3.05) is 40.0 Å². The van der Waals surface area contributed by atoms with Crippen LogP contribution in [0.4, 0.5) is 0 Å². The summed E-state index contributed by atoms with van der Waals surface area (Å²) >= 11 is 0. The molecule has 0 aliphatic carbocycles. The number of ether oxygens (including phenoxy) is 2. The van der Waals surface area contributed by atoms with E-state index in [-0.39, 0.29) is 5.97 Å². The van der Waals surface area contributed by atoms with Crippen LogP contribution in [-0.4, -0.2) is 50.8 Å². The molecule has 16 heavy (non-hydrogen) atoms. The minimum Gasteiger partial charge on any atom is -0.469 e. The molecule has 0 N–H and O–H groups in total. The molecule has 0 atom stereocenters. The summed E-state index contributed by atoms with van der Waals surface area (Å²) in [7, 11) is 1.42. The fourth-order valence-electron chi connectivity index (χ4n) is 1.32. The molecule has 0 saturated heterocycles. The van der Waals surface area contributed by atoms with Crippen molar-refractivity contribution in [2.24, 2.45) is 0 Å². The molecular formula is C12H25NO3. The van der Waals surface area contributed by atoms with Crippen molar-refractivity contribution in [1.82, 2.24) is 4.90 Å². The van der Waals surface area contributed by atoms with Gasteiger partial charge in [0.25, 0.3) is 0 Å². The highest BCUT2D eigenvalue weighted by Crippen LogP contribution is 1.94. The second-order valence-electron chi connectivity index (χ2n) is 3.73. The molecule has 0 bridgehead atoms. The van der Waals surface area contributed by atoms with Gasteiger partial charge in [-0.3, -0.25) is 4.79 Å². The van der Waals surface area contributed by atoms with E-state index >= 15 is 0 Å². The molecule has 0 aliphatic rings. The SMILES string of the molecule is CCCCOCCN(CC)CCC(=O)OC. The Kier molecular flexibility index (Phi) is 10.5. The monoisotopic (exact) mass is 231 g/mol. The van der Waals surface area contributed by atoms with Gasteiger partial charge in [0.2, 0.25) is 0 Å². The average Bonchev–Trinajstić information content (AvgIpc) is 2.32. The van der Waals surface area contributed by atoms with Crippen molar-refractivity contribution in [2.45, 2.75) is 33.1 Å². The van der Waals surface area contributed by atoms with Gasteiger partial charge in [-0.05, 0) is 13.0 Å². The molecule has 0 saturated carbocycles. The lowest BCUT2D eigenvalue weighted by atomic mass is 10.3. The Hall–Kier alpha value is -0.610. The standard InChI is InChI=1S/C12H25NO3/c1-4-6-10-16-11-9-13(5-2)8-7-12(14)15-3/h4-11H2,1-3H3. The number of likely N-dealkylation sites (N-methyl/N-ethyl adjacent to an activating group) is 1. The summed E-state index contributed by atoms with van der Waals surface area (Å²) in [6.07, 6.45) is 2.74. The van der Waals surface area contributed by atoms with Crippen LogP contribution >= 0.6 is 0 Å². The summed E-state index contributed by atoms with van der Waals surface area (Å²) in [4.78, 5) is 13.2. The summed E-state index contributed by atoms with van der Waals surface area (Å²) in [5, 5.41) is 0. The van der Waals surface area contributed by atoms with Crippen molar-refractivity contribution in [3.8, 4) is 0 Å². The van der Waals surface area contributed by atoms with E-state index in [1.165, 1.54) is 13.5 Å². The van der Waals surface area contributed by atoms with Crippen molar-refractivity contribution >= 4 is 5.97 Å². The van der Waals surface area contributed by atoms with Crippen LogP contribution in [0.5, 0.6) is 0 Å². The molecule has 4 heteroatoms. The molecule has 0 spiro atoms. The van der Waals surface area contributed by atoms with Crippen molar-refractivity contribution < 1.29 is 14.3 Å². The van der Waals surface area contributed by atoms with Crippen LogP contribution in [0.15, 0.2) is 0 Å². The summed E-state index contributed by atoms with van der Waals surface area (Å²) in [5.41, 5.74) is 0. The van der Waals surface area contributed by atoms with Gasteiger partial charge in [0.05, 0.1) is 20.1 Å². The molecule has 0 unspecified atom stereocenters. The van der Waals surface area contributed by atoms with E-state index in [2.05, 4.69) is 23.5 Å². The van der Waals surface area contributed by atoms with Crippen LogP contribution in [-0.2, 0) is 14.3 Å². The van der Waals surface area contributed by atoms with E-state index in [0.717, 1.165) is 39.3 Å². The number of rotatable bonds is 10. The van der Waals surface area contributed by atoms with Gasteiger partial charge in [-0.1, -0.05) is 20.3 Å². The number of carbonyl (C=O) groups excluding carboxylic acids is 1. The first-order valence-electron chi connectivity index (χ1n) is 6.11. The number of esters is 1. The Labute approximate surface area is 98.9 Å². The van der Waals surface area contributed by atoms with Crippen LogP contribution in [0, 0.1) is 0 Å². The maximum atomic E-state index is 11.0. The lowest BCUT2D eigenvalue weighted by molar-refractivity contribution is -0.141. The number of carbonyl (C=O) groups is 1. The van der Waals surface area contributed by atoms with Crippen LogP contribution < -0.4 is 0 Å². The first-order valence-corrected chi connectivity index (χ1v) is 6.11. The molecule has 0 aromatic carbocycles. The van der Waals surface area contributed by atoms with Crippen molar-refractivity contribution in [3.63, 3.8) is 0 Å². The van der Waals surface area contributed by atoms with Gasteiger partial charge in [-0.25, -0.2) is 0 Å². The molecule has 0 fully saturated rings. The quantitative estimate of drug-likeness (QED) is 0.423. The largest absolute Gasteiger partial charge is 0.469 e. The molecule has 0 radical (unpaired) electrons. The first-order chi connectivity index (χ1) is 7.74. The van der Waals surface area contributed by atoms with Crippen molar-refractivity contribution in [1.29, 1.82) is 0 Å². The minimum atomic E-state index is -0.148. The number of unbranched alkanes of at least 4 members (excludes halogenated alkanes) is 1. The normalized spacial score (nSPS) is 10.8. The number of hydrogen-bond acceptors (Lipinski definition) is 4. The van der Waals surface area contributed by atoms with Gasteiger partial charge in [-0.15, -0.1) is 0 Å². The zero-order chi connectivity index (χ0) is 12.2. The third kappa shape index (κ3) is 8.68. The Morgan fingerprint density at radius 1 is 1.19 bits per heavy atom. The van der Waals surface area contributed by atoms with Crippen LogP contribution in [0.2, 0.25) is 0 Å². The maximum absolute atomic E-state index is 11.0. The van der Waals surface area contributed by atoms with Crippen LogP contribution in [0.25, 0.3) is 0 Å². The van der Waals surface area contributed by atoms with Crippen LogP contribution in [0.1, 0.15) is 33.1 Å². The highest BCUT2D eigenvalue weighted by molar-refractivity contribution is 5.69. The topological polar surface area (TPSA) is 38.8 Å². The molecular weight excluding hydrogens is 206 g/mol. The van der Waals surface area contributed by atoms with E-state index in [4.69, 9.17) is 4.74 Å². The minimum absolute atomic E-state index is 0.148. The molecule has 4 nitrogen and oxygen atoms in total. The number of hydrogen-bond donors (Lipinski definition) is 0. The second-order valence-corrected chi connectivity index (χ2v) is 3.73. The van der Waals surface area contributed by atoms with Gasteiger partial charge >= 0.3 is 5.97 Å². The van der Waals surface area contributed by atoms with E-state index in [1.54, 1.807) is 0 Å². The molecule has 0 rings (SSSR count). The fraction of sp³-hybridized carbons (Fsp3) is 0.917. The smallest absolute Gasteiger partial charge is 0.306 e. The average molecular weight is 231 g/mol. The molecule has 0 amide bonds. The van der Waals surface area contributed by atoms with E-state index in [1.807, 2.05) is 0 Å². The number of methoxy groups -OCH3 is 1. The molecule has 0 aliphatic heterocycles. The van der Waals surface area contributed by atoms with E-state index in [9.17, 15) is 4.79 Å². The maximum Gasteiger partial charge on any atom is 0.306 e. The molecule has 0 heterocycles. The predicted molar refractivity (Wildman–Crippen MR) is 64.5 cm³/mol. The Bertz CT molecular complexity index is 174. The van der Waals surface area contributed by atoms with Gasteiger partial charge in [0.15, 0.2) is 0 Å². The highest BCUT2D eigenvalue weighted by atomic mass is 16.5. The Balaban J connectivity index is 3.47. The zero-order valence-corrected chi connectivity index (χ0v) is 10.8. The number of nitrogens with zero attached hydrogens (tertiary/aromatic N) is 1. The van der Waals surface area contributed by atoms with Gasteiger partial charge in [0.1, 0.15) is 0 Å². The van der Waals surface area contributed by atoms with E-state index in [0.29, 0.717) is 6.42 Å². The van der Waals surface area contributed by atoms with Crippen molar-refractivity contribution in [3.05, 3.63) is 0 Å². The third-order valence-electron chi connectivity index (χ3n) is 2.50. The second kappa shape index (κ2) is 10.9. The molecule has 0 aromatic rings. The summed E-state index contributed by atoms with van der Waals surface area (Å²) < 4.78 is 10.1. The van der Waals surface area contributed by atoms with Gasteiger partial charge < -0.3 is 14.4 Å².